The third-order valence-corrected chi connectivity index (χ3v) is 3.43. The molecule has 1 saturated heterocycles. The molecule has 1 aromatic carbocycles. The molecule has 2 nitrogen and oxygen atoms in total. The smallest absolute Gasteiger partial charge is 0.0370 e. The summed E-state index contributed by atoms with van der Waals surface area (Å²) in [5.41, 5.74) is 2.56. The summed E-state index contributed by atoms with van der Waals surface area (Å²) in [6.45, 7) is 5.55. The molecule has 1 atom stereocenters. The Morgan fingerprint density at radius 2 is 2.40 bits per heavy atom. The van der Waals surface area contributed by atoms with Crippen LogP contribution in [0.3, 0.4) is 0 Å². The lowest BCUT2D eigenvalue weighted by Gasteiger charge is -2.13. The molecule has 3 heteroatoms. The van der Waals surface area contributed by atoms with Gasteiger partial charge < -0.3 is 10.6 Å². The van der Waals surface area contributed by atoms with E-state index in [-0.39, 0.29) is 0 Å². The van der Waals surface area contributed by atoms with Crippen LogP contribution in [-0.4, -0.2) is 19.6 Å². The van der Waals surface area contributed by atoms with Crippen LogP contribution < -0.4 is 10.6 Å². The maximum absolute atomic E-state index is 3.52. The number of nitrogens with one attached hydrogen (secondary N) is 2. The zero-order valence-electron chi connectivity index (χ0n) is 9.02. The molecule has 0 aliphatic carbocycles. The fourth-order valence-corrected chi connectivity index (χ4v) is 2.44. The Balaban J connectivity index is 1.92. The Morgan fingerprint density at radius 3 is 3.07 bits per heavy atom. The van der Waals surface area contributed by atoms with Crippen molar-refractivity contribution in [3.63, 3.8) is 0 Å². The SMILES string of the molecule is Cc1cc(Br)ccc1NCC1CCNC1. The fraction of sp³-hybridized carbons (Fsp3) is 0.500. The quantitative estimate of drug-likeness (QED) is 0.881. The molecule has 15 heavy (non-hydrogen) atoms. The van der Waals surface area contributed by atoms with E-state index in [4.69, 9.17) is 0 Å². The average molecular weight is 269 g/mol. The van der Waals surface area contributed by atoms with Gasteiger partial charge in [0.25, 0.3) is 0 Å². The molecule has 0 radical (unpaired) electrons. The highest BCUT2D eigenvalue weighted by atomic mass is 79.9. The molecule has 82 valence electrons. The van der Waals surface area contributed by atoms with Gasteiger partial charge >= 0.3 is 0 Å². The standard InChI is InChI=1S/C12H17BrN2/c1-9-6-11(13)2-3-12(9)15-8-10-4-5-14-7-10/h2-3,6,10,14-15H,4-5,7-8H2,1H3. The number of halogens is 1. The summed E-state index contributed by atoms with van der Waals surface area (Å²) in [7, 11) is 0. The van der Waals surface area contributed by atoms with Crippen molar-refractivity contribution < 1.29 is 0 Å². The van der Waals surface area contributed by atoms with E-state index in [1.807, 2.05) is 0 Å². The van der Waals surface area contributed by atoms with Gasteiger partial charge in [-0.3, -0.25) is 0 Å². The van der Waals surface area contributed by atoms with Crippen LogP contribution in [0.5, 0.6) is 0 Å². The van der Waals surface area contributed by atoms with Gasteiger partial charge in [-0.15, -0.1) is 0 Å². The van der Waals surface area contributed by atoms with E-state index in [9.17, 15) is 0 Å². The first-order valence-corrected chi connectivity index (χ1v) is 6.26. The van der Waals surface area contributed by atoms with Crippen LogP contribution in [-0.2, 0) is 0 Å². The van der Waals surface area contributed by atoms with Gasteiger partial charge in [-0.05, 0) is 56.1 Å². The van der Waals surface area contributed by atoms with Crippen LogP contribution in [0.4, 0.5) is 5.69 Å². The monoisotopic (exact) mass is 268 g/mol. The lowest BCUT2D eigenvalue weighted by Crippen LogP contribution is -2.17. The molecule has 1 unspecified atom stereocenters. The molecule has 0 bridgehead atoms. The summed E-state index contributed by atoms with van der Waals surface area (Å²) in [4.78, 5) is 0. The molecule has 0 aromatic heterocycles. The van der Waals surface area contributed by atoms with Crippen LogP contribution >= 0.6 is 15.9 Å². The largest absolute Gasteiger partial charge is 0.385 e. The Kier molecular flexibility index (Phi) is 3.65. The van der Waals surface area contributed by atoms with E-state index < -0.39 is 0 Å². The Bertz CT molecular complexity index is 332. The van der Waals surface area contributed by atoms with Crippen LogP contribution in [0, 0.1) is 12.8 Å². The number of anilines is 1. The van der Waals surface area contributed by atoms with Crippen LogP contribution in [0.2, 0.25) is 0 Å². The van der Waals surface area contributed by atoms with E-state index >= 15 is 0 Å². The van der Waals surface area contributed by atoms with Crippen molar-refractivity contribution in [2.45, 2.75) is 13.3 Å². The molecule has 1 heterocycles. The number of hydrogen-bond acceptors (Lipinski definition) is 2. The number of hydrogen-bond donors (Lipinski definition) is 2. The highest BCUT2D eigenvalue weighted by Gasteiger charge is 2.13. The van der Waals surface area contributed by atoms with E-state index in [1.54, 1.807) is 0 Å². The van der Waals surface area contributed by atoms with Gasteiger partial charge in [-0.1, -0.05) is 15.9 Å². The summed E-state index contributed by atoms with van der Waals surface area (Å²) in [5, 5.41) is 6.91. The summed E-state index contributed by atoms with van der Waals surface area (Å²) in [6.07, 6.45) is 1.29. The van der Waals surface area contributed by atoms with Crippen molar-refractivity contribution in [3.8, 4) is 0 Å². The molecule has 0 spiro atoms. The maximum Gasteiger partial charge on any atom is 0.0370 e. The second-order valence-electron chi connectivity index (χ2n) is 4.20. The first-order valence-electron chi connectivity index (χ1n) is 5.46. The second kappa shape index (κ2) is 4.99. The number of rotatable bonds is 3. The van der Waals surface area contributed by atoms with Crippen molar-refractivity contribution in [1.82, 2.24) is 5.32 Å². The molecule has 2 N–H and O–H groups in total. The average Bonchev–Trinajstić information content (AvgIpc) is 2.69. The van der Waals surface area contributed by atoms with Crippen LogP contribution in [0.25, 0.3) is 0 Å². The molecule has 1 aromatic rings. The second-order valence-corrected chi connectivity index (χ2v) is 5.11. The lowest BCUT2D eigenvalue weighted by atomic mass is 10.1. The van der Waals surface area contributed by atoms with E-state index in [0.29, 0.717) is 0 Å². The normalized spacial score (nSPS) is 20.5. The Labute approximate surface area is 99.6 Å². The highest BCUT2D eigenvalue weighted by Crippen LogP contribution is 2.20. The van der Waals surface area contributed by atoms with Gasteiger partial charge in [0, 0.05) is 16.7 Å². The van der Waals surface area contributed by atoms with Gasteiger partial charge in [0.15, 0.2) is 0 Å². The van der Waals surface area contributed by atoms with Gasteiger partial charge in [-0.25, -0.2) is 0 Å². The minimum atomic E-state index is 0.785. The van der Waals surface area contributed by atoms with Crippen molar-refractivity contribution in [1.29, 1.82) is 0 Å². The van der Waals surface area contributed by atoms with Gasteiger partial charge in [0.1, 0.15) is 0 Å². The third-order valence-electron chi connectivity index (χ3n) is 2.93. The van der Waals surface area contributed by atoms with Gasteiger partial charge in [-0.2, -0.15) is 0 Å². The molecular weight excluding hydrogens is 252 g/mol. The van der Waals surface area contributed by atoms with Crippen molar-refractivity contribution in [2.75, 3.05) is 25.0 Å². The summed E-state index contributed by atoms with van der Waals surface area (Å²) >= 11 is 3.48. The number of aryl methyl sites for hydroxylation is 1. The lowest BCUT2D eigenvalue weighted by molar-refractivity contribution is 0.615. The maximum atomic E-state index is 3.52. The van der Waals surface area contributed by atoms with Crippen LogP contribution in [0.15, 0.2) is 22.7 Å². The first-order chi connectivity index (χ1) is 7.25. The highest BCUT2D eigenvalue weighted by molar-refractivity contribution is 9.10. The summed E-state index contributed by atoms with van der Waals surface area (Å²) in [6, 6.07) is 6.37. The van der Waals surface area contributed by atoms with E-state index in [1.165, 1.54) is 24.2 Å². The molecular formula is C12H17BrN2. The minimum Gasteiger partial charge on any atom is -0.385 e. The first kappa shape index (κ1) is 11.0. The molecule has 1 fully saturated rings. The molecule has 1 aliphatic rings. The summed E-state index contributed by atoms with van der Waals surface area (Å²) < 4.78 is 1.15. The summed E-state index contributed by atoms with van der Waals surface area (Å²) in [5.74, 6) is 0.785. The van der Waals surface area contributed by atoms with Crippen molar-refractivity contribution >= 4 is 21.6 Å². The fourth-order valence-electron chi connectivity index (χ4n) is 1.97. The van der Waals surface area contributed by atoms with Gasteiger partial charge in [0.2, 0.25) is 0 Å². The molecule has 0 amide bonds. The van der Waals surface area contributed by atoms with Crippen molar-refractivity contribution in [2.24, 2.45) is 5.92 Å². The van der Waals surface area contributed by atoms with E-state index in [0.717, 1.165) is 23.5 Å². The van der Waals surface area contributed by atoms with E-state index in [2.05, 4.69) is 51.7 Å². The minimum absolute atomic E-state index is 0.785. The zero-order chi connectivity index (χ0) is 10.7. The Hall–Kier alpha value is -0.540. The van der Waals surface area contributed by atoms with Crippen molar-refractivity contribution in [3.05, 3.63) is 28.2 Å². The topological polar surface area (TPSA) is 24.1 Å². The van der Waals surface area contributed by atoms with Crippen LogP contribution in [0.1, 0.15) is 12.0 Å². The zero-order valence-corrected chi connectivity index (χ0v) is 10.6. The molecule has 1 aliphatic heterocycles. The van der Waals surface area contributed by atoms with Gasteiger partial charge in [0.05, 0.1) is 0 Å². The predicted octanol–water partition coefficient (Wildman–Crippen LogP) is 2.78. The predicted molar refractivity (Wildman–Crippen MR) is 68.3 cm³/mol. The number of benzene rings is 1. The third kappa shape index (κ3) is 2.95. The molecule has 0 saturated carbocycles. The molecule has 2 rings (SSSR count). The Morgan fingerprint density at radius 1 is 1.53 bits per heavy atom.